The second-order valence-electron chi connectivity index (χ2n) is 5.61. The average Bonchev–Trinajstić information content (AvgIpc) is 2.51. The van der Waals surface area contributed by atoms with Gasteiger partial charge >= 0.3 is 0 Å². The molecule has 0 saturated carbocycles. The van der Waals surface area contributed by atoms with Crippen LogP contribution in [-0.4, -0.2) is 33.7 Å². The summed E-state index contributed by atoms with van der Waals surface area (Å²) in [6.07, 6.45) is 4.45. The molecule has 0 aliphatic carbocycles. The van der Waals surface area contributed by atoms with Crippen LogP contribution >= 0.6 is 0 Å². The molecule has 6 heteroatoms. The predicted molar refractivity (Wildman–Crippen MR) is 95.3 cm³/mol. The first-order chi connectivity index (χ1) is 10.8. The highest BCUT2D eigenvalue weighted by Crippen LogP contribution is 2.28. The Hall–Kier alpha value is -1.56. The zero-order valence-corrected chi connectivity index (χ0v) is 15.4. The van der Waals surface area contributed by atoms with Crippen molar-refractivity contribution in [3.05, 3.63) is 29.3 Å². The van der Waals surface area contributed by atoms with E-state index in [1.807, 2.05) is 39.0 Å². The Labute approximate surface area is 140 Å². The fraction of sp³-hybridized carbons (Fsp3) is 0.588. The van der Waals surface area contributed by atoms with Gasteiger partial charge in [-0.2, -0.15) is 0 Å². The maximum Gasteiger partial charge on any atom is 0.240 e. The SMILES string of the molecule is CCCCNC(=O)CN(c1c(CC)cccc1CC)S(C)(=O)=O. The number of carbonyl (C=O) groups excluding carboxylic acids is 1. The van der Waals surface area contributed by atoms with E-state index in [0.717, 1.165) is 30.2 Å². The van der Waals surface area contributed by atoms with Crippen LogP contribution in [0.25, 0.3) is 0 Å². The van der Waals surface area contributed by atoms with Crippen LogP contribution in [0.3, 0.4) is 0 Å². The second-order valence-corrected chi connectivity index (χ2v) is 7.51. The van der Waals surface area contributed by atoms with Gasteiger partial charge in [-0.15, -0.1) is 0 Å². The van der Waals surface area contributed by atoms with Gasteiger partial charge in [0.1, 0.15) is 6.54 Å². The number of amides is 1. The lowest BCUT2D eigenvalue weighted by Gasteiger charge is -2.26. The van der Waals surface area contributed by atoms with E-state index >= 15 is 0 Å². The molecule has 1 aromatic rings. The molecule has 1 aromatic carbocycles. The third-order valence-corrected chi connectivity index (χ3v) is 4.87. The highest BCUT2D eigenvalue weighted by Gasteiger charge is 2.24. The molecule has 0 unspecified atom stereocenters. The Kier molecular flexibility index (Phi) is 7.55. The lowest BCUT2D eigenvalue weighted by Crippen LogP contribution is -2.41. The Bertz CT molecular complexity index is 604. The summed E-state index contributed by atoms with van der Waals surface area (Å²) in [6, 6.07) is 5.77. The molecule has 0 aromatic heterocycles. The molecule has 0 aliphatic rings. The third kappa shape index (κ3) is 5.53. The Morgan fingerprint density at radius 1 is 1.13 bits per heavy atom. The zero-order chi connectivity index (χ0) is 17.5. The van der Waals surface area contributed by atoms with E-state index in [2.05, 4.69) is 5.32 Å². The van der Waals surface area contributed by atoms with E-state index in [1.165, 1.54) is 4.31 Å². The van der Waals surface area contributed by atoms with Crippen molar-refractivity contribution in [1.29, 1.82) is 0 Å². The molecule has 5 nitrogen and oxygen atoms in total. The van der Waals surface area contributed by atoms with Gasteiger partial charge in [0, 0.05) is 6.54 Å². The van der Waals surface area contributed by atoms with Crippen LogP contribution in [0.5, 0.6) is 0 Å². The second kappa shape index (κ2) is 8.91. The van der Waals surface area contributed by atoms with Crippen molar-refractivity contribution in [2.45, 2.75) is 46.5 Å². The monoisotopic (exact) mass is 340 g/mol. The number of para-hydroxylation sites is 1. The van der Waals surface area contributed by atoms with Gasteiger partial charge in [-0.3, -0.25) is 9.10 Å². The molecule has 0 spiro atoms. The average molecular weight is 340 g/mol. The minimum absolute atomic E-state index is 0.174. The minimum Gasteiger partial charge on any atom is -0.355 e. The number of hydrogen-bond acceptors (Lipinski definition) is 3. The number of sulfonamides is 1. The zero-order valence-electron chi connectivity index (χ0n) is 14.6. The van der Waals surface area contributed by atoms with Gasteiger partial charge in [-0.25, -0.2) is 8.42 Å². The van der Waals surface area contributed by atoms with Crippen molar-refractivity contribution in [2.75, 3.05) is 23.7 Å². The standard InChI is InChI=1S/C17H28N2O3S/c1-5-8-12-18-16(20)13-19(23(4,21)22)17-14(6-2)10-9-11-15(17)7-3/h9-11H,5-8,12-13H2,1-4H3,(H,18,20). The van der Waals surface area contributed by atoms with Crippen LogP contribution in [-0.2, 0) is 27.7 Å². The predicted octanol–water partition coefficient (Wildman–Crippen LogP) is 2.49. The first kappa shape index (κ1) is 19.5. The van der Waals surface area contributed by atoms with Crippen molar-refractivity contribution in [3.63, 3.8) is 0 Å². The molecule has 0 aliphatic heterocycles. The third-order valence-electron chi connectivity index (χ3n) is 3.75. The molecule has 0 fully saturated rings. The topological polar surface area (TPSA) is 66.5 Å². The number of unbranched alkanes of at least 4 members (excludes halogenated alkanes) is 1. The lowest BCUT2D eigenvalue weighted by molar-refractivity contribution is -0.119. The van der Waals surface area contributed by atoms with E-state index in [9.17, 15) is 13.2 Å². The first-order valence-corrected chi connectivity index (χ1v) is 10.0. The van der Waals surface area contributed by atoms with Crippen molar-refractivity contribution >= 4 is 21.6 Å². The van der Waals surface area contributed by atoms with Crippen LogP contribution in [0.2, 0.25) is 0 Å². The van der Waals surface area contributed by atoms with Gasteiger partial charge in [-0.1, -0.05) is 45.4 Å². The molecular weight excluding hydrogens is 312 g/mol. The quantitative estimate of drug-likeness (QED) is 0.702. The Morgan fingerprint density at radius 2 is 1.70 bits per heavy atom. The number of benzene rings is 1. The van der Waals surface area contributed by atoms with Crippen LogP contribution in [0, 0.1) is 0 Å². The lowest BCUT2D eigenvalue weighted by atomic mass is 10.0. The summed E-state index contributed by atoms with van der Waals surface area (Å²) in [6.45, 7) is 6.41. The van der Waals surface area contributed by atoms with Crippen molar-refractivity contribution in [1.82, 2.24) is 5.32 Å². The molecular formula is C17H28N2O3S. The van der Waals surface area contributed by atoms with Gasteiger partial charge in [0.2, 0.25) is 15.9 Å². The van der Waals surface area contributed by atoms with Crippen LogP contribution in [0.1, 0.15) is 44.7 Å². The molecule has 130 valence electrons. The fourth-order valence-electron chi connectivity index (χ4n) is 2.49. The number of nitrogens with one attached hydrogen (secondary N) is 1. The maximum absolute atomic E-state index is 12.3. The Morgan fingerprint density at radius 3 is 2.13 bits per heavy atom. The summed E-state index contributed by atoms with van der Waals surface area (Å²) in [5, 5.41) is 2.79. The molecule has 1 amide bonds. The van der Waals surface area contributed by atoms with Gasteiger partial charge in [0.05, 0.1) is 11.9 Å². The van der Waals surface area contributed by atoms with Crippen molar-refractivity contribution < 1.29 is 13.2 Å². The Balaban J connectivity index is 3.16. The van der Waals surface area contributed by atoms with E-state index in [1.54, 1.807) is 0 Å². The van der Waals surface area contributed by atoms with E-state index < -0.39 is 10.0 Å². The van der Waals surface area contributed by atoms with E-state index in [0.29, 0.717) is 25.1 Å². The summed E-state index contributed by atoms with van der Waals surface area (Å²) < 4.78 is 25.8. The fourth-order valence-corrected chi connectivity index (χ4v) is 3.41. The molecule has 0 radical (unpaired) electrons. The van der Waals surface area contributed by atoms with Gasteiger partial charge < -0.3 is 5.32 Å². The van der Waals surface area contributed by atoms with Crippen LogP contribution < -0.4 is 9.62 Å². The summed E-state index contributed by atoms with van der Waals surface area (Å²) in [7, 11) is -3.54. The number of anilines is 1. The highest BCUT2D eigenvalue weighted by atomic mass is 32.2. The minimum atomic E-state index is -3.54. The molecule has 0 atom stereocenters. The summed E-state index contributed by atoms with van der Waals surface area (Å²) >= 11 is 0. The van der Waals surface area contributed by atoms with Crippen LogP contribution in [0.4, 0.5) is 5.69 Å². The molecule has 1 N–H and O–H groups in total. The molecule has 0 heterocycles. The normalized spacial score (nSPS) is 11.3. The number of aryl methyl sites for hydroxylation is 2. The summed E-state index contributed by atoms with van der Waals surface area (Å²) in [5.41, 5.74) is 2.54. The van der Waals surface area contributed by atoms with Crippen molar-refractivity contribution in [2.24, 2.45) is 0 Å². The number of carbonyl (C=O) groups is 1. The molecule has 1 rings (SSSR count). The van der Waals surface area contributed by atoms with Gasteiger partial charge in [0.15, 0.2) is 0 Å². The molecule has 0 bridgehead atoms. The number of hydrogen-bond donors (Lipinski definition) is 1. The maximum atomic E-state index is 12.3. The number of nitrogens with zero attached hydrogens (tertiary/aromatic N) is 1. The smallest absolute Gasteiger partial charge is 0.240 e. The van der Waals surface area contributed by atoms with Gasteiger partial charge in [-0.05, 0) is 30.4 Å². The largest absolute Gasteiger partial charge is 0.355 e. The summed E-state index contributed by atoms with van der Waals surface area (Å²) in [4.78, 5) is 12.1. The summed E-state index contributed by atoms with van der Waals surface area (Å²) in [5.74, 6) is -0.267. The molecule has 0 saturated heterocycles. The van der Waals surface area contributed by atoms with Crippen LogP contribution in [0.15, 0.2) is 18.2 Å². The molecule has 23 heavy (non-hydrogen) atoms. The van der Waals surface area contributed by atoms with Crippen molar-refractivity contribution in [3.8, 4) is 0 Å². The number of rotatable bonds is 9. The van der Waals surface area contributed by atoms with Gasteiger partial charge in [0.25, 0.3) is 0 Å². The first-order valence-electron chi connectivity index (χ1n) is 8.20. The van der Waals surface area contributed by atoms with E-state index in [-0.39, 0.29) is 12.5 Å². The highest BCUT2D eigenvalue weighted by molar-refractivity contribution is 7.92. The van der Waals surface area contributed by atoms with E-state index in [4.69, 9.17) is 0 Å².